The number of anilines is 3. The molecule has 1 heterocycles. The van der Waals surface area contributed by atoms with E-state index in [1.54, 1.807) is 0 Å². The molecule has 2 aliphatic rings. The van der Waals surface area contributed by atoms with Gasteiger partial charge in [-0.05, 0) is 43.4 Å². The van der Waals surface area contributed by atoms with Gasteiger partial charge < -0.3 is 16.0 Å². The summed E-state index contributed by atoms with van der Waals surface area (Å²) in [7, 11) is 0. The summed E-state index contributed by atoms with van der Waals surface area (Å²) in [5.41, 5.74) is 10.2. The molecule has 0 unspecified atom stereocenters. The van der Waals surface area contributed by atoms with Crippen LogP contribution < -0.4 is 16.0 Å². The molecule has 102 valence electrons. The van der Waals surface area contributed by atoms with E-state index in [1.807, 2.05) is 6.07 Å². The van der Waals surface area contributed by atoms with Crippen LogP contribution in [0.1, 0.15) is 38.2 Å². The van der Waals surface area contributed by atoms with Crippen molar-refractivity contribution in [1.29, 1.82) is 0 Å². The highest BCUT2D eigenvalue weighted by Gasteiger charge is 2.30. The number of nitrogen functional groups attached to an aromatic ring is 1. The Hall–Kier alpha value is -1.71. The number of nitrogens with two attached hydrogens (primary N) is 1. The topological polar surface area (TPSA) is 58.4 Å². The molecule has 1 saturated carbocycles. The van der Waals surface area contributed by atoms with Crippen LogP contribution in [0.2, 0.25) is 0 Å². The Bertz CT molecular complexity index is 508. The van der Waals surface area contributed by atoms with E-state index in [9.17, 15) is 4.79 Å². The molecule has 0 aromatic heterocycles. The van der Waals surface area contributed by atoms with Crippen molar-refractivity contribution in [3.05, 3.63) is 17.7 Å². The Labute approximate surface area is 114 Å². The molecule has 1 aliphatic carbocycles. The van der Waals surface area contributed by atoms with Crippen LogP contribution in [0.5, 0.6) is 0 Å². The zero-order valence-electron chi connectivity index (χ0n) is 11.4. The molecule has 1 amide bonds. The van der Waals surface area contributed by atoms with Gasteiger partial charge in [0.25, 0.3) is 0 Å². The number of carbonyl (C=O) groups excluding carboxylic acids is 1. The molecule has 0 radical (unpaired) electrons. The van der Waals surface area contributed by atoms with Gasteiger partial charge in [0, 0.05) is 24.7 Å². The van der Waals surface area contributed by atoms with E-state index in [2.05, 4.69) is 23.2 Å². The molecule has 4 nitrogen and oxygen atoms in total. The Kier molecular flexibility index (Phi) is 3.09. The van der Waals surface area contributed by atoms with E-state index in [0.29, 0.717) is 12.5 Å². The molecule has 1 aromatic rings. The predicted octanol–water partition coefficient (Wildman–Crippen LogP) is 2.53. The van der Waals surface area contributed by atoms with Gasteiger partial charge in [-0.25, -0.2) is 0 Å². The Morgan fingerprint density at radius 2 is 2.16 bits per heavy atom. The minimum absolute atomic E-state index is 0.0901. The van der Waals surface area contributed by atoms with Gasteiger partial charge in [-0.1, -0.05) is 6.92 Å². The summed E-state index contributed by atoms with van der Waals surface area (Å²) in [5, 5.41) is 2.91. The minimum atomic E-state index is 0.0901. The summed E-state index contributed by atoms with van der Waals surface area (Å²) in [4.78, 5) is 13.9. The summed E-state index contributed by atoms with van der Waals surface area (Å²) >= 11 is 0. The summed E-state index contributed by atoms with van der Waals surface area (Å²) in [6, 6.07) is 4.77. The second kappa shape index (κ2) is 4.76. The van der Waals surface area contributed by atoms with E-state index in [1.165, 1.54) is 18.4 Å². The Morgan fingerprint density at radius 3 is 2.84 bits per heavy atom. The average molecular weight is 259 g/mol. The van der Waals surface area contributed by atoms with E-state index in [0.717, 1.165) is 36.4 Å². The van der Waals surface area contributed by atoms with Crippen molar-refractivity contribution in [2.24, 2.45) is 0 Å². The van der Waals surface area contributed by atoms with Crippen molar-refractivity contribution in [3.8, 4) is 0 Å². The van der Waals surface area contributed by atoms with Crippen molar-refractivity contribution in [3.63, 3.8) is 0 Å². The zero-order valence-corrected chi connectivity index (χ0v) is 11.4. The van der Waals surface area contributed by atoms with Crippen molar-refractivity contribution in [2.45, 2.75) is 45.1 Å². The molecule has 1 aliphatic heterocycles. The largest absolute Gasteiger partial charge is 0.397 e. The van der Waals surface area contributed by atoms with E-state index < -0.39 is 0 Å². The maximum Gasteiger partial charge on any atom is 0.224 e. The molecule has 19 heavy (non-hydrogen) atoms. The lowest BCUT2D eigenvalue weighted by atomic mass is 10.0. The van der Waals surface area contributed by atoms with Crippen LogP contribution in [0.25, 0.3) is 0 Å². The molecule has 0 bridgehead atoms. The van der Waals surface area contributed by atoms with Crippen LogP contribution in [0.15, 0.2) is 12.1 Å². The van der Waals surface area contributed by atoms with Gasteiger partial charge in [0.05, 0.1) is 11.4 Å². The molecule has 3 rings (SSSR count). The molecule has 4 heteroatoms. The quantitative estimate of drug-likeness (QED) is 0.817. The Balaban J connectivity index is 1.95. The van der Waals surface area contributed by atoms with Crippen LogP contribution in [0, 0.1) is 0 Å². The number of hydrogen-bond acceptors (Lipinski definition) is 3. The SMILES string of the molecule is CCCN(c1cc2c(cc1N)NC(=O)CC2)C1CC1. The minimum Gasteiger partial charge on any atom is -0.397 e. The highest BCUT2D eigenvalue weighted by Crippen LogP contribution is 2.38. The first-order valence-electron chi connectivity index (χ1n) is 7.18. The lowest BCUT2D eigenvalue weighted by Gasteiger charge is -2.28. The predicted molar refractivity (Wildman–Crippen MR) is 78.5 cm³/mol. The third-order valence-corrected chi connectivity index (χ3v) is 3.91. The molecule has 0 spiro atoms. The average Bonchev–Trinajstić information content (AvgIpc) is 3.20. The maximum atomic E-state index is 11.4. The third kappa shape index (κ3) is 2.39. The van der Waals surface area contributed by atoms with Gasteiger partial charge in [-0.15, -0.1) is 0 Å². The summed E-state index contributed by atoms with van der Waals surface area (Å²) < 4.78 is 0. The fourth-order valence-corrected chi connectivity index (χ4v) is 2.81. The van der Waals surface area contributed by atoms with Crippen molar-refractivity contribution >= 4 is 23.0 Å². The first-order valence-corrected chi connectivity index (χ1v) is 7.18. The van der Waals surface area contributed by atoms with Gasteiger partial charge in [0.1, 0.15) is 0 Å². The van der Waals surface area contributed by atoms with Gasteiger partial charge in [-0.2, -0.15) is 0 Å². The highest BCUT2D eigenvalue weighted by atomic mass is 16.1. The first-order chi connectivity index (χ1) is 9.19. The monoisotopic (exact) mass is 259 g/mol. The van der Waals surface area contributed by atoms with Crippen LogP contribution >= 0.6 is 0 Å². The number of amides is 1. The van der Waals surface area contributed by atoms with E-state index in [4.69, 9.17) is 5.73 Å². The summed E-state index contributed by atoms with van der Waals surface area (Å²) in [5.74, 6) is 0.0901. The second-order valence-electron chi connectivity index (χ2n) is 5.54. The van der Waals surface area contributed by atoms with Crippen LogP contribution in [-0.4, -0.2) is 18.5 Å². The first kappa shape index (κ1) is 12.3. The zero-order chi connectivity index (χ0) is 13.4. The molecule has 3 N–H and O–H groups in total. The molecule has 0 atom stereocenters. The number of nitrogens with zero attached hydrogens (tertiary/aromatic N) is 1. The van der Waals surface area contributed by atoms with Crippen LogP contribution in [-0.2, 0) is 11.2 Å². The normalized spacial score (nSPS) is 17.8. The summed E-state index contributed by atoms with van der Waals surface area (Å²) in [6.07, 6.45) is 5.07. The van der Waals surface area contributed by atoms with Gasteiger partial charge in [-0.3, -0.25) is 4.79 Å². The van der Waals surface area contributed by atoms with Gasteiger partial charge in [0.2, 0.25) is 5.91 Å². The highest BCUT2D eigenvalue weighted by molar-refractivity contribution is 5.95. The Morgan fingerprint density at radius 1 is 1.37 bits per heavy atom. The standard InChI is InChI=1S/C15H21N3O/c1-2-7-18(11-4-5-11)14-8-10-3-6-15(19)17-13(10)9-12(14)16/h8-9,11H,2-7,16H2,1H3,(H,17,19). The maximum absolute atomic E-state index is 11.4. The molecular weight excluding hydrogens is 238 g/mol. The number of fused-ring (bicyclic) bond motifs is 1. The smallest absolute Gasteiger partial charge is 0.224 e. The molecular formula is C15H21N3O. The van der Waals surface area contributed by atoms with Crippen molar-refractivity contribution in [1.82, 2.24) is 0 Å². The molecule has 1 fully saturated rings. The van der Waals surface area contributed by atoms with Crippen LogP contribution in [0.4, 0.5) is 17.1 Å². The number of rotatable bonds is 4. The fraction of sp³-hybridized carbons (Fsp3) is 0.533. The van der Waals surface area contributed by atoms with Gasteiger partial charge in [0.15, 0.2) is 0 Å². The second-order valence-corrected chi connectivity index (χ2v) is 5.54. The third-order valence-electron chi connectivity index (χ3n) is 3.91. The van der Waals surface area contributed by atoms with E-state index >= 15 is 0 Å². The van der Waals surface area contributed by atoms with Crippen molar-refractivity contribution < 1.29 is 4.79 Å². The molecule has 1 aromatic carbocycles. The lowest BCUT2D eigenvalue weighted by molar-refractivity contribution is -0.116. The van der Waals surface area contributed by atoms with Crippen molar-refractivity contribution in [2.75, 3.05) is 22.5 Å². The summed E-state index contributed by atoms with van der Waals surface area (Å²) in [6.45, 7) is 3.25. The van der Waals surface area contributed by atoms with Crippen LogP contribution in [0.3, 0.4) is 0 Å². The van der Waals surface area contributed by atoms with Gasteiger partial charge >= 0.3 is 0 Å². The number of hydrogen-bond donors (Lipinski definition) is 2. The fourth-order valence-electron chi connectivity index (χ4n) is 2.81. The number of carbonyl (C=O) groups is 1. The molecule has 0 saturated heterocycles. The number of aryl methyl sites for hydroxylation is 1. The number of nitrogens with one attached hydrogen (secondary N) is 1. The lowest BCUT2D eigenvalue weighted by Crippen LogP contribution is -2.28. The van der Waals surface area contributed by atoms with E-state index in [-0.39, 0.29) is 5.91 Å². The number of benzene rings is 1.